The van der Waals surface area contributed by atoms with E-state index in [1.54, 1.807) is 23.1 Å². The molecule has 3 aliphatic rings. The molecule has 2 amide bonds. The second kappa shape index (κ2) is 6.43. The van der Waals surface area contributed by atoms with E-state index in [-0.39, 0.29) is 23.7 Å². The predicted octanol–water partition coefficient (Wildman–Crippen LogP) is 2.93. The second-order valence-corrected chi connectivity index (χ2v) is 7.55. The van der Waals surface area contributed by atoms with Gasteiger partial charge in [-0.25, -0.2) is 0 Å². The third kappa shape index (κ3) is 2.78. The molecule has 1 saturated carbocycles. The molecule has 1 aromatic rings. The highest BCUT2D eigenvalue weighted by Crippen LogP contribution is 2.48. The highest BCUT2D eigenvalue weighted by molar-refractivity contribution is 6.34. The lowest BCUT2D eigenvalue weighted by atomic mass is 9.82. The van der Waals surface area contributed by atoms with Crippen molar-refractivity contribution in [1.29, 1.82) is 0 Å². The Morgan fingerprint density at radius 3 is 2.54 bits per heavy atom. The summed E-state index contributed by atoms with van der Waals surface area (Å²) in [7, 11) is 0. The number of fused-ring (bicyclic) bond motifs is 2. The van der Waals surface area contributed by atoms with Gasteiger partial charge in [-0.2, -0.15) is 0 Å². The van der Waals surface area contributed by atoms with E-state index in [0.717, 1.165) is 6.42 Å². The summed E-state index contributed by atoms with van der Waals surface area (Å²) in [5.41, 5.74) is 1.14. The summed E-state index contributed by atoms with van der Waals surface area (Å²) in [6.07, 6.45) is 5.90. The lowest BCUT2D eigenvalue weighted by Gasteiger charge is -2.24. The van der Waals surface area contributed by atoms with Crippen molar-refractivity contribution in [1.82, 2.24) is 0 Å². The Hall–Kier alpha value is -2.34. The van der Waals surface area contributed by atoms with Gasteiger partial charge >= 0.3 is 5.97 Å². The standard InChI is InChI=1S/C19H19ClN2O4/c20-13-9-12(5-6-14(13)22-7-1-2-15(22)23)21-18(24)16-10-3-4-11(8-10)17(16)19(25)26/h3-6,9-11,16-17H,1-2,7-8H2,(H,21,24)(H,25,26)/t10-,11-,16-,17-/m0/s1. The van der Waals surface area contributed by atoms with Crippen LogP contribution < -0.4 is 10.2 Å². The van der Waals surface area contributed by atoms with Gasteiger partial charge in [-0.15, -0.1) is 0 Å². The molecule has 4 rings (SSSR count). The number of amides is 2. The molecule has 4 atom stereocenters. The molecule has 1 aliphatic heterocycles. The Balaban J connectivity index is 1.51. The monoisotopic (exact) mass is 374 g/mol. The van der Waals surface area contributed by atoms with Crippen LogP contribution in [0, 0.1) is 23.7 Å². The van der Waals surface area contributed by atoms with E-state index >= 15 is 0 Å². The number of halogens is 1. The van der Waals surface area contributed by atoms with Gasteiger partial charge in [0.15, 0.2) is 0 Å². The van der Waals surface area contributed by atoms with Crippen molar-refractivity contribution in [3.8, 4) is 0 Å². The number of carboxylic acid groups (broad SMARTS) is 1. The van der Waals surface area contributed by atoms with Crippen molar-refractivity contribution in [2.24, 2.45) is 23.7 Å². The number of benzene rings is 1. The van der Waals surface area contributed by atoms with Crippen LogP contribution in [0.5, 0.6) is 0 Å². The number of hydrogen-bond donors (Lipinski definition) is 2. The van der Waals surface area contributed by atoms with Crippen LogP contribution in [0.15, 0.2) is 30.4 Å². The zero-order valence-electron chi connectivity index (χ0n) is 14.0. The molecule has 2 aliphatic carbocycles. The molecule has 136 valence electrons. The molecule has 1 heterocycles. The van der Waals surface area contributed by atoms with E-state index < -0.39 is 17.8 Å². The Kier molecular flexibility index (Phi) is 4.23. The Morgan fingerprint density at radius 2 is 1.92 bits per heavy atom. The highest BCUT2D eigenvalue weighted by Gasteiger charge is 2.51. The number of rotatable bonds is 4. The number of nitrogens with zero attached hydrogens (tertiary/aromatic N) is 1. The second-order valence-electron chi connectivity index (χ2n) is 7.14. The molecule has 2 N–H and O–H groups in total. The lowest BCUT2D eigenvalue weighted by Crippen LogP contribution is -2.36. The van der Waals surface area contributed by atoms with Gasteiger partial charge in [0.1, 0.15) is 0 Å². The Labute approximate surface area is 155 Å². The average Bonchev–Trinajstić information content (AvgIpc) is 3.30. The molecule has 0 spiro atoms. The first-order chi connectivity index (χ1) is 12.5. The summed E-state index contributed by atoms with van der Waals surface area (Å²) in [6, 6.07) is 5.03. The summed E-state index contributed by atoms with van der Waals surface area (Å²) in [5.74, 6) is -2.53. The number of nitrogens with one attached hydrogen (secondary N) is 1. The first-order valence-corrected chi connectivity index (χ1v) is 9.15. The van der Waals surface area contributed by atoms with E-state index in [1.807, 2.05) is 12.2 Å². The summed E-state index contributed by atoms with van der Waals surface area (Å²) in [6.45, 7) is 0.641. The minimum Gasteiger partial charge on any atom is -0.481 e. The van der Waals surface area contributed by atoms with E-state index in [9.17, 15) is 19.5 Å². The molecule has 0 radical (unpaired) electrons. The molecule has 6 nitrogen and oxygen atoms in total. The van der Waals surface area contributed by atoms with Gasteiger partial charge < -0.3 is 15.3 Å². The summed E-state index contributed by atoms with van der Waals surface area (Å²) in [5, 5.41) is 12.7. The van der Waals surface area contributed by atoms with Gasteiger partial charge in [0, 0.05) is 18.7 Å². The largest absolute Gasteiger partial charge is 0.481 e. The van der Waals surface area contributed by atoms with Gasteiger partial charge in [-0.3, -0.25) is 14.4 Å². The van der Waals surface area contributed by atoms with Crippen molar-refractivity contribution in [2.75, 3.05) is 16.8 Å². The van der Waals surface area contributed by atoms with Gasteiger partial charge in [-0.05, 0) is 42.9 Å². The average molecular weight is 375 g/mol. The molecule has 2 bridgehead atoms. The SMILES string of the molecule is O=C(O)[C@@H]1[C@@H](C(=O)Nc2ccc(N3CCCC3=O)c(Cl)c2)[C@H]2C=C[C@H]1C2. The van der Waals surface area contributed by atoms with Gasteiger partial charge in [0.2, 0.25) is 11.8 Å². The summed E-state index contributed by atoms with van der Waals surface area (Å²) in [4.78, 5) is 37.8. The molecular formula is C19H19ClN2O4. The van der Waals surface area contributed by atoms with E-state index in [2.05, 4.69) is 5.32 Å². The molecule has 2 fully saturated rings. The van der Waals surface area contributed by atoms with Gasteiger partial charge in [0.05, 0.1) is 22.5 Å². The summed E-state index contributed by atoms with van der Waals surface area (Å²) >= 11 is 6.31. The van der Waals surface area contributed by atoms with Crippen LogP contribution in [0.25, 0.3) is 0 Å². The smallest absolute Gasteiger partial charge is 0.307 e. The lowest BCUT2D eigenvalue weighted by molar-refractivity contribution is -0.146. The Morgan fingerprint density at radius 1 is 1.19 bits per heavy atom. The summed E-state index contributed by atoms with van der Waals surface area (Å²) < 4.78 is 0. The first-order valence-electron chi connectivity index (χ1n) is 8.77. The van der Waals surface area contributed by atoms with E-state index in [1.165, 1.54) is 0 Å². The molecular weight excluding hydrogens is 356 g/mol. The minimum absolute atomic E-state index is 0.0296. The highest BCUT2D eigenvalue weighted by atomic mass is 35.5. The molecule has 7 heteroatoms. The topological polar surface area (TPSA) is 86.7 Å². The van der Waals surface area contributed by atoms with Crippen LogP contribution in [-0.2, 0) is 14.4 Å². The van der Waals surface area contributed by atoms with Crippen LogP contribution in [0.1, 0.15) is 19.3 Å². The molecule has 0 aromatic heterocycles. The van der Waals surface area contributed by atoms with Crippen molar-refractivity contribution in [3.63, 3.8) is 0 Å². The number of aliphatic carboxylic acids is 1. The van der Waals surface area contributed by atoms with Crippen molar-refractivity contribution >= 4 is 40.8 Å². The number of carbonyl (C=O) groups excluding carboxylic acids is 2. The predicted molar refractivity (Wildman–Crippen MR) is 97.0 cm³/mol. The van der Waals surface area contributed by atoms with Crippen molar-refractivity contribution < 1.29 is 19.5 Å². The zero-order valence-corrected chi connectivity index (χ0v) is 14.8. The number of allylic oxidation sites excluding steroid dienone is 2. The molecule has 1 aromatic carbocycles. The maximum atomic E-state index is 12.7. The first kappa shape index (κ1) is 17.1. The number of anilines is 2. The van der Waals surface area contributed by atoms with Crippen LogP contribution >= 0.6 is 11.6 Å². The van der Waals surface area contributed by atoms with Crippen LogP contribution in [0.2, 0.25) is 5.02 Å². The van der Waals surface area contributed by atoms with Crippen molar-refractivity contribution in [2.45, 2.75) is 19.3 Å². The molecule has 1 saturated heterocycles. The van der Waals surface area contributed by atoms with Crippen LogP contribution in [0.4, 0.5) is 11.4 Å². The van der Waals surface area contributed by atoms with Crippen LogP contribution in [-0.4, -0.2) is 29.4 Å². The zero-order chi connectivity index (χ0) is 18.4. The molecule has 0 unspecified atom stereocenters. The number of hydrogen-bond acceptors (Lipinski definition) is 3. The maximum absolute atomic E-state index is 12.7. The quantitative estimate of drug-likeness (QED) is 0.793. The maximum Gasteiger partial charge on any atom is 0.307 e. The van der Waals surface area contributed by atoms with Crippen molar-refractivity contribution in [3.05, 3.63) is 35.4 Å². The van der Waals surface area contributed by atoms with E-state index in [4.69, 9.17) is 11.6 Å². The third-order valence-electron chi connectivity index (χ3n) is 5.63. The minimum atomic E-state index is -0.928. The van der Waals surface area contributed by atoms with Gasteiger partial charge in [-0.1, -0.05) is 23.8 Å². The Bertz CT molecular complexity index is 822. The number of carboxylic acids is 1. The third-order valence-corrected chi connectivity index (χ3v) is 5.93. The van der Waals surface area contributed by atoms with Gasteiger partial charge in [0.25, 0.3) is 0 Å². The fraction of sp³-hybridized carbons (Fsp3) is 0.421. The fourth-order valence-corrected chi connectivity index (χ4v) is 4.73. The normalized spacial score (nSPS) is 29.4. The molecule has 26 heavy (non-hydrogen) atoms. The number of carbonyl (C=O) groups is 3. The van der Waals surface area contributed by atoms with Crippen LogP contribution in [0.3, 0.4) is 0 Å². The fourth-order valence-electron chi connectivity index (χ4n) is 4.45. The van der Waals surface area contributed by atoms with E-state index in [0.29, 0.717) is 35.8 Å².